The van der Waals surface area contributed by atoms with Gasteiger partial charge in [0.05, 0.1) is 5.41 Å². The molecule has 0 N–H and O–H groups in total. The van der Waals surface area contributed by atoms with Crippen LogP contribution in [0.25, 0.3) is 0 Å². The summed E-state index contributed by atoms with van der Waals surface area (Å²) in [5.74, 6) is -0.0290. The van der Waals surface area contributed by atoms with Crippen LogP contribution in [0.4, 0.5) is 4.39 Å². The summed E-state index contributed by atoms with van der Waals surface area (Å²) in [7, 11) is 0. The third-order valence-corrected chi connectivity index (χ3v) is 5.35. The number of likely N-dealkylation sites (N-methyl/N-ethyl adjacent to an activating group) is 1. The number of carbonyl (C=O) groups excluding carboxylic acids is 1. The van der Waals surface area contributed by atoms with E-state index in [4.69, 9.17) is 0 Å². The van der Waals surface area contributed by atoms with E-state index in [1.165, 1.54) is 6.07 Å². The highest BCUT2D eigenvalue weighted by Crippen LogP contribution is 2.43. The molecule has 4 heteroatoms. The third kappa shape index (κ3) is 2.76. The van der Waals surface area contributed by atoms with Gasteiger partial charge in [0.15, 0.2) is 0 Å². The van der Waals surface area contributed by atoms with E-state index in [1.54, 1.807) is 12.1 Å². The molecule has 0 radical (unpaired) electrons. The van der Waals surface area contributed by atoms with Crippen LogP contribution in [-0.2, 0) is 10.2 Å². The minimum absolute atomic E-state index is 0.214. The van der Waals surface area contributed by atoms with E-state index >= 15 is 0 Å². The quantitative estimate of drug-likeness (QED) is 0.857. The van der Waals surface area contributed by atoms with E-state index in [0.717, 1.165) is 64.0 Å². The van der Waals surface area contributed by atoms with E-state index in [9.17, 15) is 9.18 Å². The Kier molecular flexibility index (Phi) is 4.48. The molecule has 1 aliphatic carbocycles. The van der Waals surface area contributed by atoms with Crippen LogP contribution in [0.2, 0.25) is 0 Å². The van der Waals surface area contributed by atoms with Gasteiger partial charge in [0.1, 0.15) is 5.82 Å². The number of amides is 1. The van der Waals surface area contributed by atoms with Gasteiger partial charge in [0.2, 0.25) is 5.91 Å². The highest BCUT2D eigenvalue weighted by atomic mass is 19.1. The lowest BCUT2D eigenvalue weighted by Crippen LogP contribution is -2.53. The summed E-state index contributed by atoms with van der Waals surface area (Å²) in [4.78, 5) is 17.6. The maximum atomic E-state index is 13.7. The molecule has 0 spiro atoms. The first-order valence-electron chi connectivity index (χ1n) is 8.43. The highest BCUT2D eigenvalue weighted by molar-refractivity contribution is 5.88. The van der Waals surface area contributed by atoms with Gasteiger partial charge in [-0.3, -0.25) is 4.79 Å². The lowest BCUT2D eigenvalue weighted by atomic mass is 9.77. The molecule has 1 amide bonds. The lowest BCUT2D eigenvalue weighted by molar-refractivity contribution is -0.139. The second-order valence-corrected chi connectivity index (χ2v) is 6.53. The minimum Gasteiger partial charge on any atom is -0.339 e. The number of halogens is 1. The first kappa shape index (κ1) is 15.5. The maximum Gasteiger partial charge on any atom is 0.233 e. The van der Waals surface area contributed by atoms with Gasteiger partial charge in [0.25, 0.3) is 0 Å². The predicted molar refractivity (Wildman–Crippen MR) is 85.2 cm³/mol. The van der Waals surface area contributed by atoms with Gasteiger partial charge in [0, 0.05) is 26.2 Å². The molecular formula is C18H25FN2O. The van der Waals surface area contributed by atoms with Crippen molar-refractivity contribution in [3.05, 3.63) is 35.6 Å². The minimum atomic E-state index is -0.490. The van der Waals surface area contributed by atoms with Crippen LogP contribution in [0.1, 0.15) is 38.2 Å². The van der Waals surface area contributed by atoms with Crippen LogP contribution < -0.4 is 0 Å². The van der Waals surface area contributed by atoms with Crippen molar-refractivity contribution in [1.82, 2.24) is 9.80 Å². The summed E-state index contributed by atoms with van der Waals surface area (Å²) >= 11 is 0. The standard InChI is InChI=1S/C18H25FN2O/c1-2-20-10-12-21(13-11-20)17(22)18(8-3-4-9-18)15-6-5-7-16(19)14-15/h5-7,14H,2-4,8-13H2,1H3. The van der Waals surface area contributed by atoms with E-state index in [-0.39, 0.29) is 11.7 Å². The monoisotopic (exact) mass is 304 g/mol. The molecule has 3 nitrogen and oxygen atoms in total. The fourth-order valence-electron chi connectivity index (χ4n) is 3.96. The van der Waals surface area contributed by atoms with E-state index in [2.05, 4.69) is 11.8 Å². The smallest absolute Gasteiger partial charge is 0.233 e. The molecule has 2 fully saturated rings. The van der Waals surface area contributed by atoms with Gasteiger partial charge < -0.3 is 9.80 Å². The Hall–Kier alpha value is -1.42. The molecule has 1 aromatic rings. The van der Waals surface area contributed by atoms with Crippen molar-refractivity contribution in [3.63, 3.8) is 0 Å². The third-order valence-electron chi connectivity index (χ3n) is 5.35. The van der Waals surface area contributed by atoms with E-state index < -0.39 is 5.41 Å². The number of hydrogen-bond donors (Lipinski definition) is 0. The van der Waals surface area contributed by atoms with Crippen LogP contribution in [-0.4, -0.2) is 48.4 Å². The number of hydrogen-bond acceptors (Lipinski definition) is 2. The zero-order valence-corrected chi connectivity index (χ0v) is 13.4. The zero-order chi connectivity index (χ0) is 15.6. The first-order chi connectivity index (χ1) is 10.7. The average molecular weight is 304 g/mol. The largest absolute Gasteiger partial charge is 0.339 e. The summed E-state index contributed by atoms with van der Waals surface area (Å²) in [6, 6.07) is 6.67. The van der Waals surface area contributed by atoms with Gasteiger partial charge in [-0.25, -0.2) is 4.39 Å². The van der Waals surface area contributed by atoms with Crippen LogP contribution in [0.3, 0.4) is 0 Å². The van der Waals surface area contributed by atoms with Gasteiger partial charge >= 0.3 is 0 Å². The van der Waals surface area contributed by atoms with Gasteiger partial charge in [-0.05, 0) is 37.1 Å². The van der Waals surface area contributed by atoms with E-state index in [0.29, 0.717) is 0 Å². The first-order valence-corrected chi connectivity index (χ1v) is 8.43. The predicted octanol–water partition coefficient (Wildman–Crippen LogP) is 2.80. The van der Waals surface area contributed by atoms with Crippen molar-refractivity contribution < 1.29 is 9.18 Å². The SMILES string of the molecule is CCN1CCN(C(=O)C2(c3cccc(F)c3)CCCC2)CC1. The molecule has 22 heavy (non-hydrogen) atoms. The Bertz CT molecular complexity index is 532. The Morgan fingerprint density at radius 1 is 1.18 bits per heavy atom. The molecule has 1 aliphatic heterocycles. The molecule has 0 atom stereocenters. The molecule has 1 heterocycles. The Morgan fingerprint density at radius 3 is 2.45 bits per heavy atom. The molecule has 1 aromatic carbocycles. The molecule has 120 valence electrons. The molecule has 2 aliphatic rings. The Balaban J connectivity index is 1.83. The van der Waals surface area contributed by atoms with Gasteiger partial charge in [-0.15, -0.1) is 0 Å². The maximum absolute atomic E-state index is 13.7. The lowest BCUT2D eigenvalue weighted by Gasteiger charge is -2.39. The van der Waals surface area contributed by atoms with Crippen molar-refractivity contribution in [2.24, 2.45) is 0 Å². The molecule has 3 rings (SSSR count). The number of nitrogens with zero attached hydrogens (tertiary/aromatic N) is 2. The molecule has 1 saturated carbocycles. The Morgan fingerprint density at radius 2 is 1.86 bits per heavy atom. The summed E-state index contributed by atoms with van der Waals surface area (Å²) in [6.45, 7) is 6.68. The number of benzene rings is 1. The summed E-state index contributed by atoms with van der Waals surface area (Å²) in [5.41, 5.74) is 0.379. The van der Waals surface area contributed by atoms with Crippen LogP contribution in [0.5, 0.6) is 0 Å². The molecule has 1 saturated heterocycles. The van der Waals surface area contributed by atoms with Crippen molar-refractivity contribution in [2.75, 3.05) is 32.7 Å². The van der Waals surface area contributed by atoms with E-state index in [1.807, 2.05) is 11.0 Å². The van der Waals surface area contributed by atoms with Crippen molar-refractivity contribution >= 4 is 5.91 Å². The van der Waals surface area contributed by atoms with Crippen LogP contribution in [0.15, 0.2) is 24.3 Å². The van der Waals surface area contributed by atoms with Gasteiger partial charge in [-0.1, -0.05) is 31.9 Å². The van der Waals surface area contributed by atoms with Gasteiger partial charge in [-0.2, -0.15) is 0 Å². The topological polar surface area (TPSA) is 23.6 Å². The molecule has 0 unspecified atom stereocenters. The van der Waals surface area contributed by atoms with Crippen molar-refractivity contribution in [3.8, 4) is 0 Å². The molecular weight excluding hydrogens is 279 g/mol. The van der Waals surface area contributed by atoms with Crippen molar-refractivity contribution in [2.45, 2.75) is 38.0 Å². The fraction of sp³-hybridized carbons (Fsp3) is 0.611. The van der Waals surface area contributed by atoms with Crippen LogP contribution in [0, 0.1) is 5.82 Å². The summed E-state index contributed by atoms with van der Waals surface area (Å²) in [6.07, 6.45) is 3.81. The summed E-state index contributed by atoms with van der Waals surface area (Å²) < 4.78 is 13.7. The second-order valence-electron chi connectivity index (χ2n) is 6.53. The molecule has 0 bridgehead atoms. The number of rotatable bonds is 3. The van der Waals surface area contributed by atoms with Crippen LogP contribution >= 0.6 is 0 Å². The Labute approximate surface area is 132 Å². The average Bonchev–Trinajstić information content (AvgIpc) is 3.05. The molecule has 0 aromatic heterocycles. The van der Waals surface area contributed by atoms with Crippen molar-refractivity contribution in [1.29, 1.82) is 0 Å². The highest BCUT2D eigenvalue weighted by Gasteiger charge is 2.45. The normalized spacial score (nSPS) is 22.0. The summed E-state index contributed by atoms with van der Waals surface area (Å²) in [5, 5.41) is 0. The zero-order valence-electron chi connectivity index (χ0n) is 13.4. The fourth-order valence-corrected chi connectivity index (χ4v) is 3.96. The number of piperazine rings is 1. The second kappa shape index (κ2) is 6.37. The number of carbonyl (C=O) groups is 1.